The van der Waals surface area contributed by atoms with Gasteiger partial charge in [-0.25, -0.2) is 4.68 Å². The van der Waals surface area contributed by atoms with Gasteiger partial charge in [0.05, 0.1) is 0 Å². The molecule has 2 rings (SSSR count). The standard InChI is InChI=1S/C10H15N3S/c14-10(13-8-4-7-11-13)12-9-5-2-1-3-6-9/h4,7-9H,1-3,5-6H2,(H,12,14). The van der Waals surface area contributed by atoms with E-state index in [4.69, 9.17) is 12.2 Å². The molecule has 1 aromatic heterocycles. The SMILES string of the molecule is S=C(NC1CCCCC1)n1cccn1. The van der Waals surface area contributed by atoms with Crippen LogP contribution in [0.4, 0.5) is 0 Å². The Bertz CT molecular complexity index is 288. The molecule has 1 fully saturated rings. The van der Waals surface area contributed by atoms with Gasteiger partial charge < -0.3 is 5.32 Å². The van der Waals surface area contributed by atoms with Crippen LogP contribution in [0.25, 0.3) is 0 Å². The number of aromatic nitrogens is 2. The molecule has 0 bridgehead atoms. The molecule has 1 aliphatic carbocycles. The summed E-state index contributed by atoms with van der Waals surface area (Å²) in [7, 11) is 0. The monoisotopic (exact) mass is 209 g/mol. The summed E-state index contributed by atoms with van der Waals surface area (Å²) in [4.78, 5) is 0. The molecule has 1 heterocycles. The van der Waals surface area contributed by atoms with Crippen molar-refractivity contribution in [1.29, 1.82) is 0 Å². The van der Waals surface area contributed by atoms with Gasteiger partial charge in [-0.1, -0.05) is 19.3 Å². The number of thiocarbonyl (C=S) groups is 1. The maximum absolute atomic E-state index is 5.24. The van der Waals surface area contributed by atoms with E-state index < -0.39 is 0 Å². The third kappa shape index (κ3) is 2.32. The van der Waals surface area contributed by atoms with Crippen molar-refractivity contribution >= 4 is 17.3 Å². The number of nitrogens with zero attached hydrogens (tertiary/aromatic N) is 2. The molecule has 1 aliphatic rings. The second kappa shape index (κ2) is 4.55. The number of nitrogens with one attached hydrogen (secondary N) is 1. The third-order valence-electron chi connectivity index (χ3n) is 2.65. The highest BCUT2D eigenvalue weighted by atomic mass is 32.1. The zero-order valence-corrected chi connectivity index (χ0v) is 8.96. The Kier molecular flexibility index (Phi) is 3.14. The average molecular weight is 209 g/mol. The summed E-state index contributed by atoms with van der Waals surface area (Å²) in [5.74, 6) is 0. The molecule has 1 aromatic rings. The van der Waals surface area contributed by atoms with Crippen LogP contribution in [0.3, 0.4) is 0 Å². The van der Waals surface area contributed by atoms with Gasteiger partial charge in [-0.05, 0) is 31.1 Å². The fourth-order valence-corrected chi connectivity index (χ4v) is 2.15. The Hall–Kier alpha value is -0.900. The zero-order valence-electron chi connectivity index (χ0n) is 8.15. The van der Waals surface area contributed by atoms with E-state index in [-0.39, 0.29) is 0 Å². The lowest BCUT2D eigenvalue weighted by atomic mass is 9.96. The molecule has 4 heteroatoms. The summed E-state index contributed by atoms with van der Waals surface area (Å²) in [5.41, 5.74) is 0. The maximum atomic E-state index is 5.24. The van der Waals surface area contributed by atoms with E-state index in [0.29, 0.717) is 6.04 Å². The first-order valence-corrected chi connectivity index (χ1v) is 5.57. The van der Waals surface area contributed by atoms with E-state index in [2.05, 4.69) is 10.4 Å². The summed E-state index contributed by atoms with van der Waals surface area (Å²) in [6.07, 6.45) is 10.1. The molecule has 1 saturated carbocycles. The first-order chi connectivity index (χ1) is 6.86. The van der Waals surface area contributed by atoms with E-state index in [1.165, 1.54) is 32.1 Å². The second-order valence-electron chi connectivity index (χ2n) is 3.74. The highest BCUT2D eigenvalue weighted by Gasteiger charge is 2.14. The van der Waals surface area contributed by atoms with E-state index in [9.17, 15) is 0 Å². The summed E-state index contributed by atoms with van der Waals surface area (Å²) in [6, 6.07) is 2.44. The summed E-state index contributed by atoms with van der Waals surface area (Å²) < 4.78 is 1.71. The van der Waals surface area contributed by atoms with Crippen LogP contribution in [0.15, 0.2) is 18.5 Å². The zero-order chi connectivity index (χ0) is 9.80. The number of rotatable bonds is 1. The van der Waals surface area contributed by atoms with Gasteiger partial charge >= 0.3 is 0 Å². The lowest BCUT2D eigenvalue weighted by molar-refractivity contribution is 0.412. The van der Waals surface area contributed by atoms with Crippen molar-refractivity contribution in [1.82, 2.24) is 15.1 Å². The van der Waals surface area contributed by atoms with Gasteiger partial charge in [-0.3, -0.25) is 0 Å². The van der Waals surface area contributed by atoms with Crippen molar-refractivity contribution < 1.29 is 0 Å². The number of hydrogen-bond acceptors (Lipinski definition) is 2. The van der Waals surface area contributed by atoms with Crippen molar-refractivity contribution in [3.05, 3.63) is 18.5 Å². The van der Waals surface area contributed by atoms with Crippen molar-refractivity contribution in [2.24, 2.45) is 0 Å². The fourth-order valence-electron chi connectivity index (χ4n) is 1.88. The Morgan fingerprint density at radius 2 is 2.14 bits per heavy atom. The van der Waals surface area contributed by atoms with Gasteiger partial charge in [0.15, 0.2) is 5.11 Å². The Balaban J connectivity index is 1.87. The van der Waals surface area contributed by atoms with Crippen LogP contribution in [0.2, 0.25) is 0 Å². The molecular formula is C10H15N3S. The van der Waals surface area contributed by atoms with E-state index in [0.717, 1.165) is 5.11 Å². The lowest BCUT2D eigenvalue weighted by Gasteiger charge is -2.23. The molecule has 0 unspecified atom stereocenters. The summed E-state index contributed by atoms with van der Waals surface area (Å²) in [5, 5.41) is 8.17. The quantitative estimate of drug-likeness (QED) is 0.717. The maximum Gasteiger partial charge on any atom is 0.194 e. The minimum Gasteiger partial charge on any atom is -0.358 e. The third-order valence-corrected chi connectivity index (χ3v) is 2.95. The van der Waals surface area contributed by atoms with Gasteiger partial charge in [0.2, 0.25) is 0 Å². The minimum absolute atomic E-state index is 0.556. The van der Waals surface area contributed by atoms with E-state index in [1.54, 1.807) is 10.9 Å². The Morgan fingerprint density at radius 1 is 1.36 bits per heavy atom. The van der Waals surface area contributed by atoms with Crippen LogP contribution in [0.1, 0.15) is 32.1 Å². The topological polar surface area (TPSA) is 29.9 Å². The van der Waals surface area contributed by atoms with E-state index >= 15 is 0 Å². The molecular weight excluding hydrogens is 194 g/mol. The Morgan fingerprint density at radius 3 is 2.79 bits per heavy atom. The van der Waals surface area contributed by atoms with Crippen LogP contribution in [0, 0.1) is 0 Å². The predicted molar refractivity (Wildman–Crippen MR) is 60.2 cm³/mol. The summed E-state index contributed by atoms with van der Waals surface area (Å²) >= 11 is 5.24. The molecule has 0 radical (unpaired) electrons. The highest BCUT2D eigenvalue weighted by molar-refractivity contribution is 7.80. The molecule has 76 valence electrons. The van der Waals surface area contributed by atoms with Crippen molar-refractivity contribution in [3.63, 3.8) is 0 Å². The van der Waals surface area contributed by atoms with Crippen LogP contribution in [-0.2, 0) is 0 Å². The van der Waals surface area contributed by atoms with Gasteiger partial charge in [0.1, 0.15) is 0 Å². The number of hydrogen-bond donors (Lipinski definition) is 1. The average Bonchev–Trinajstić information content (AvgIpc) is 2.72. The first kappa shape index (κ1) is 9.65. The molecule has 0 spiro atoms. The van der Waals surface area contributed by atoms with Gasteiger partial charge in [-0.15, -0.1) is 0 Å². The molecule has 3 nitrogen and oxygen atoms in total. The largest absolute Gasteiger partial charge is 0.358 e. The van der Waals surface area contributed by atoms with Gasteiger partial charge in [-0.2, -0.15) is 5.10 Å². The minimum atomic E-state index is 0.556. The van der Waals surface area contributed by atoms with Crippen molar-refractivity contribution in [3.8, 4) is 0 Å². The van der Waals surface area contributed by atoms with Crippen molar-refractivity contribution in [2.75, 3.05) is 0 Å². The predicted octanol–water partition coefficient (Wildman–Crippen LogP) is 1.94. The summed E-state index contributed by atoms with van der Waals surface area (Å²) in [6.45, 7) is 0. The van der Waals surface area contributed by atoms with Crippen LogP contribution < -0.4 is 5.32 Å². The smallest absolute Gasteiger partial charge is 0.194 e. The molecule has 0 saturated heterocycles. The van der Waals surface area contributed by atoms with Crippen LogP contribution >= 0.6 is 12.2 Å². The van der Waals surface area contributed by atoms with Gasteiger partial charge in [0, 0.05) is 18.4 Å². The van der Waals surface area contributed by atoms with Crippen LogP contribution in [-0.4, -0.2) is 20.9 Å². The highest BCUT2D eigenvalue weighted by Crippen LogP contribution is 2.17. The van der Waals surface area contributed by atoms with Crippen LogP contribution in [0.5, 0.6) is 0 Å². The molecule has 0 aromatic carbocycles. The second-order valence-corrected chi connectivity index (χ2v) is 4.12. The lowest BCUT2D eigenvalue weighted by Crippen LogP contribution is -2.38. The molecule has 0 amide bonds. The molecule has 0 atom stereocenters. The fraction of sp³-hybridized carbons (Fsp3) is 0.600. The molecule has 1 N–H and O–H groups in total. The van der Waals surface area contributed by atoms with Gasteiger partial charge in [0.25, 0.3) is 0 Å². The first-order valence-electron chi connectivity index (χ1n) is 5.17. The normalized spacial score (nSPS) is 18.0. The molecule has 14 heavy (non-hydrogen) atoms. The Labute approximate surface area is 89.5 Å². The molecule has 0 aliphatic heterocycles. The van der Waals surface area contributed by atoms with E-state index in [1.807, 2.05) is 12.3 Å². The van der Waals surface area contributed by atoms with Crippen molar-refractivity contribution in [2.45, 2.75) is 38.1 Å².